The van der Waals surface area contributed by atoms with E-state index in [0.29, 0.717) is 12.0 Å². The average Bonchev–Trinajstić information content (AvgIpc) is 2.12. The van der Waals surface area contributed by atoms with Crippen molar-refractivity contribution in [3.8, 4) is 0 Å². The Hall–Kier alpha value is -1.22. The number of nitrogens with two attached hydrogens (primary N) is 1. The first kappa shape index (κ1) is 11.9. The second kappa shape index (κ2) is 5.03. The molecule has 0 aliphatic heterocycles. The molecule has 2 N–H and O–H groups in total. The summed E-state index contributed by atoms with van der Waals surface area (Å²) in [5.74, 6) is -1.17. The van der Waals surface area contributed by atoms with Crippen LogP contribution in [0.4, 0.5) is 8.78 Å². The van der Waals surface area contributed by atoms with Crippen molar-refractivity contribution in [2.75, 3.05) is 0 Å². The Kier molecular flexibility index (Phi) is 3.97. The third-order valence-electron chi connectivity index (χ3n) is 2.20. The third kappa shape index (κ3) is 3.80. The molecule has 0 spiro atoms. The van der Waals surface area contributed by atoms with E-state index in [-0.39, 0.29) is 6.04 Å². The molecular weight excluding hydrogens is 196 g/mol. The second-order valence-electron chi connectivity index (χ2n) is 3.81. The lowest BCUT2D eigenvalue weighted by Crippen LogP contribution is -2.10. The Labute approximate surface area is 88.6 Å². The Balaban J connectivity index is 2.72. The largest absolute Gasteiger partial charge is 0.324 e. The molecule has 0 fully saturated rings. The predicted octanol–water partition coefficient (Wildman–Crippen LogP) is 3.32. The van der Waals surface area contributed by atoms with Gasteiger partial charge in [-0.2, -0.15) is 0 Å². The molecule has 15 heavy (non-hydrogen) atoms. The fourth-order valence-electron chi connectivity index (χ4n) is 1.36. The van der Waals surface area contributed by atoms with Gasteiger partial charge < -0.3 is 5.73 Å². The molecule has 1 atom stereocenters. The van der Waals surface area contributed by atoms with Crippen molar-refractivity contribution >= 4 is 0 Å². The van der Waals surface area contributed by atoms with E-state index in [0.717, 1.165) is 18.1 Å². The second-order valence-corrected chi connectivity index (χ2v) is 3.81. The molecule has 1 rings (SSSR count). The molecule has 0 saturated carbocycles. The highest BCUT2D eigenvalue weighted by Crippen LogP contribution is 2.19. The summed E-state index contributed by atoms with van der Waals surface area (Å²) in [4.78, 5) is 0. The number of rotatable bonds is 4. The zero-order valence-electron chi connectivity index (χ0n) is 8.76. The van der Waals surface area contributed by atoms with Gasteiger partial charge in [0, 0.05) is 12.1 Å². The van der Waals surface area contributed by atoms with Gasteiger partial charge in [0.2, 0.25) is 0 Å². The first-order valence-corrected chi connectivity index (χ1v) is 4.85. The fourth-order valence-corrected chi connectivity index (χ4v) is 1.36. The van der Waals surface area contributed by atoms with E-state index >= 15 is 0 Å². The summed E-state index contributed by atoms with van der Waals surface area (Å²) in [6, 6.07) is 3.04. The van der Waals surface area contributed by atoms with E-state index < -0.39 is 11.6 Å². The van der Waals surface area contributed by atoms with Gasteiger partial charge in [-0.1, -0.05) is 5.57 Å². The maximum absolute atomic E-state index is 12.9. The molecule has 0 saturated heterocycles. The van der Waals surface area contributed by atoms with Gasteiger partial charge in [0.05, 0.1) is 0 Å². The molecule has 0 aliphatic carbocycles. The van der Waals surface area contributed by atoms with E-state index in [9.17, 15) is 8.78 Å². The van der Waals surface area contributed by atoms with Gasteiger partial charge >= 0.3 is 0 Å². The first-order chi connectivity index (χ1) is 6.99. The SMILES string of the molecule is C=C(C)CCC(N)c1cc(F)cc(F)c1. The Bertz CT molecular complexity index is 340. The van der Waals surface area contributed by atoms with E-state index in [4.69, 9.17) is 5.73 Å². The summed E-state index contributed by atoms with van der Waals surface area (Å²) in [6.07, 6.45) is 1.41. The monoisotopic (exact) mass is 211 g/mol. The highest BCUT2D eigenvalue weighted by molar-refractivity contribution is 5.21. The molecule has 0 radical (unpaired) electrons. The van der Waals surface area contributed by atoms with Crippen LogP contribution in [-0.4, -0.2) is 0 Å². The van der Waals surface area contributed by atoms with Crippen molar-refractivity contribution in [2.24, 2.45) is 5.73 Å². The van der Waals surface area contributed by atoms with Crippen LogP contribution in [0.5, 0.6) is 0 Å². The van der Waals surface area contributed by atoms with Gasteiger partial charge in [-0.05, 0) is 37.5 Å². The molecule has 1 unspecified atom stereocenters. The summed E-state index contributed by atoms with van der Waals surface area (Å²) < 4.78 is 25.7. The summed E-state index contributed by atoms with van der Waals surface area (Å²) in [5.41, 5.74) is 7.32. The molecule has 0 aliphatic rings. The molecule has 82 valence electrons. The Morgan fingerprint density at radius 3 is 2.33 bits per heavy atom. The fraction of sp³-hybridized carbons (Fsp3) is 0.333. The third-order valence-corrected chi connectivity index (χ3v) is 2.20. The molecule has 0 amide bonds. The van der Waals surface area contributed by atoms with Crippen LogP contribution < -0.4 is 5.73 Å². The van der Waals surface area contributed by atoms with Crippen LogP contribution in [0.3, 0.4) is 0 Å². The zero-order valence-corrected chi connectivity index (χ0v) is 8.76. The quantitative estimate of drug-likeness (QED) is 0.759. The van der Waals surface area contributed by atoms with Crippen LogP contribution in [0.2, 0.25) is 0 Å². The predicted molar refractivity (Wildman–Crippen MR) is 57.3 cm³/mol. The van der Waals surface area contributed by atoms with Gasteiger partial charge in [0.25, 0.3) is 0 Å². The lowest BCUT2D eigenvalue weighted by atomic mass is 10.0. The molecule has 1 nitrogen and oxygen atoms in total. The lowest BCUT2D eigenvalue weighted by molar-refractivity contribution is 0.567. The van der Waals surface area contributed by atoms with Crippen LogP contribution in [0.1, 0.15) is 31.4 Å². The summed E-state index contributed by atoms with van der Waals surface area (Å²) >= 11 is 0. The van der Waals surface area contributed by atoms with E-state index in [1.165, 1.54) is 12.1 Å². The molecular formula is C12H15F2N. The highest BCUT2D eigenvalue weighted by atomic mass is 19.1. The van der Waals surface area contributed by atoms with Gasteiger partial charge in [-0.25, -0.2) is 8.78 Å². The van der Waals surface area contributed by atoms with Crippen molar-refractivity contribution in [3.05, 3.63) is 47.5 Å². The molecule has 1 aromatic rings. The van der Waals surface area contributed by atoms with Gasteiger partial charge in [0.15, 0.2) is 0 Å². The summed E-state index contributed by atoms with van der Waals surface area (Å²) in [6.45, 7) is 5.65. The highest BCUT2D eigenvalue weighted by Gasteiger charge is 2.08. The minimum atomic E-state index is -0.587. The van der Waals surface area contributed by atoms with Crippen molar-refractivity contribution in [1.82, 2.24) is 0 Å². The topological polar surface area (TPSA) is 26.0 Å². The first-order valence-electron chi connectivity index (χ1n) is 4.85. The zero-order chi connectivity index (χ0) is 11.4. The minimum absolute atomic E-state index is 0.341. The normalized spacial score (nSPS) is 12.5. The van der Waals surface area contributed by atoms with E-state index in [2.05, 4.69) is 6.58 Å². The van der Waals surface area contributed by atoms with Crippen molar-refractivity contribution in [1.29, 1.82) is 0 Å². The number of benzene rings is 1. The minimum Gasteiger partial charge on any atom is -0.324 e. The Morgan fingerprint density at radius 2 is 1.87 bits per heavy atom. The van der Waals surface area contributed by atoms with Crippen molar-refractivity contribution in [3.63, 3.8) is 0 Å². The lowest BCUT2D eigenvalue weighted by Gasteiger charge is -2.12. The summed E-state index contributed by atoms with van der Waals surface area (Å²) in [7, 11) is 0. The molecule has 0 heterocycles. The average molecular weight is 211 g/mol. The number of halogens is 2. The van der Waals surface area contributed by atoms with Crippen molar-refractivity contribution < 1.29 is 8.78 Å². The van der Waals surface area contributed by atoms with Crippen LogP contribution in [-0.2, 0) is 0 Å². The van der Waals surface area contributed by atoms with Gasteiger partial charge in [-0.15, -0.1) is 6.58 Å². The molecule has 0 bridgehead atoms. The van der Waals surface area contributed by atoms with Gasteiger partial charge in [0.1, 0.15) is 11.6 Å². The van der Waals surface area contributed by atoms with Gasteiger partial charge in [-0.3, -0.25) is 0 Å². The molecule has 3 heteroatoms. The molecule has 0 aromatic heterocycles. The van der Waals surface area contributed by atoms with Crippen LogP contribution in [0.15, 0.2) is 30.4 Å². The van der Waals surface area contributed by atoms with Crippen LogP contribution in [0.25, 0.3) is 0 Å². The smallest absolute Gasteiger partial charge is 0.126 e. The number of allylic oxidation sites excluding steroid dienone is 1. The van der Waals surface area contributed by atoms with Crippen LogP contribution >= 0.6 is 0 Å². The summed E-state index contributed by atoms with van der Waals surface area (Å²) in [5, 5.41) is 0. The standard InChI is InChI=1S/C12H15F2N/c1-8(2)3-4-12(15)9-5-10(13)7-11(14)6-9/h5-7,12H,1,3-4,15H2,2H3. The van der Waals surface area contributed by atoms with Crippen molar-refractivity contribution in [2.45, 2.75) is 25.8 Å². The maximum Gasteiger partial charge on any atom is 0.126 e. The molecule has 1 aromatic carbocycles. The number of hydrogen-bond acceptors (Lipinski definition) is 1. The number of hydrogen-bond donors (Lipinski definition) is 1. The van der Waals surface area contributed by atoms with E-state index in [1.807, 2.05) is 6.92 Å². The Morgan fingerprint density at radius 1 is 1.33 bits per heavy atom. The van der Waals surface area contributed by atoms with E-state index in [1.54, 1.807) is 0 Å². The van der Waals surface area contributed by atoms with Crippen LogP contribution in [0, 0.1) is 11.6 Å². The maximum atomic E-state index is 12.9.